The summed E-state index contributed by atoms with van der Waals surface area (Å²) < 4.78 is 25.4. The molecule has 1 saturated heterocycles. The number of carbonyl (C=O) groups is 1. The van der Waals surface area contributed by atoms with Crippen molar-refractivity contribution in [2.24, 2.45) is 0 Å². The Hall–Kier alpha value is -1.44. The van der Waals surface area contributed by atoms with Crippen molar-refractivity contribution < 1.29 is 13.2 Å². The van der Waals surface area contributed by atoms with Gasteiger partial charge in [0.2, 0.25) is 10.0 Å². The van der Waals surface area contributed by atoms with Gasteiger partial charge in [0.1, 0.15) is 0 Å². The Morgan fingerprint density at radius 1 is 1.19 bits per heavy atom. The summed E-state index contributed by atoms with van der Waals surface area (Å²) in [5.41, 5.74) is 1.75. The second-order valence-electron chi connectivity index (χ2n) is 6.94. The van der Waals surface area contributed by atoms with E-state index in [1.54, 1.807) is 11.2 Å². The third-order valence-corrected chi connectivity index (χ3v) is 6.67. The van der Waals surface area contributed by atoms with Crippen LogP contribution in [0, 0.1) is 0 Å². The van der Waals surface area contributed by atoms with Crippen molar-refractivity contribution in [3.05, 3.63) is 35.4 Å². The molecule has 2 rings (SSSR count). The average molecular weight is 382 g/mol. The zero-order chi connectivity index (χ0) is 19.2. The third kappa shape index (κ3) is 5.79. The summed E-state index contributed by atoms with van der Waals surface area (Å²) in [6.07, 6.45) is 2.01. The van der Waals surface area contributed by atoms with Crippen LogP contribution in [0.4, 0.5) is 0 Å². The number of hydrogen-bond donors (Lipinski definition) is 1. The fourth-order valence-electron chi connectivity index (χ4n) is 3.23. The van der Waals surface area contributed by atoms with Gasteiger partial charge in [0, 0.05) is 44.3 Å². The molecule has 7 heteroatoms. The van der Waals surface area contributed by atoms with Crippen molar-refractivity contribution in [2.45, 2.75) is 46.2 Å². The van der Waals surface area contributed by atoms with Gasteiger partial charge in [-0.2, -0.15) is 4.31 Å². The number of amides is 1. The molecule has 1 heterocycles. The van der Waals surface area contributed by atoms with Gasteiger partial charge in [0.05, 0.1) is 5.75 Å². The number of piperazine rings is 1. The molecule has 0 bridgehead atoms. The molecule has 0 radical (unpaired) electrons. The molecule has 1 aromatic rings. The summed E-state index contributed by atoms with van der Waals surface area (Å²) in [5.74, 6) is 0.118. The SMILES string of the molecule is CCCC(C)NC(=O)c1cccc(CN2CCN(S(=O)(=O)CC)CC2)c1. The van der Waals surface area contributed by atoms with Crippen molar-refractivity contribution >= 4 is 15.9 Å². The van der Waals surface area contributed by atoms with Gasteiger partial charge in [-0.3, -0.25) is 9.69 Å². The maximum absolute atomic E-state index is 12.4. The minimum atomic E-state index is -3.10. The zero-order valence-corrected chi connectivity index (χ0v) is 16.9. The Morgan fingerprint density at radius 3 is 2.50 bits per heavy atom. The molecule has 0 aliphatic carbocycles. The second kappa shape index (κ2) is 9.48. The first-order valence-corrected chi connectivity index (χ1v) is 11.1. The number of rotatable bonds is 8. The average Bonchev–Trinajstić information content (AvgIpc) is 2.62. The number of carbonyl (C=O) groups excluding carboxylic acids is 1. The number of nitrogens with zero attached hydrogens (tertiary/aromatic N) is 2. The molecule has 1 atom stereocenters. The van der Waals surface area contributed by atoms with Crippen LogP contribution in [-0.2, 0) is 16.6 Å². The normalized spacial score (nSPS) is 17.8. The van der Waals surface area contributed by atoms with E-state index in [9.17, 15) is 13.2 Å². The number of benzene rings is 1. The molecular weight excluding hydrogens is 350 g/mol. The van der Waals surface area contributed by atoms with Crippen LogP contribution in [0.15, 0.2) is 24.3 Å². The summed E-state index contributed by atoms with van der Waals surface area (Å²) in [5, 5.41) is 3.03. The summed E-state index contributed by atoms with van der Waals surface area (Å²) in [6.45, 7) is 9.03. The largest absolute Gasteiger partial charge is 0.350 e. The van der Waals surface area contributed by atoms with Crippen LogP contribution in [-0.4, -0.2) is 61.5 Å². The standard InChI is InChI=1S/C19H31N3O3S/c1-4-7-16(3)20-19(23)18-9-6-8-17(14-18)15-21-10-12-22(13-11-21)26(24,25)5-2/h6,8-9,14,16H,4-5,7,10-13,15H2,1-3H3,(H,20,23). The topological polar surface area (TPSA) is 69.7 Å². The van der Waals surface area contributed by atoms with Crippen LogP contribution < -0.4 is 5.32 Å². The minimum absolute atomic E-state index is 0.0355. The van der Waals surface area contributed by atoms with E-state index in [0.29, 0.717) is 31.7 Å². The summed E-state index contributed by atoms with van der Waals surface area (Å²) >= 11 is 0. The molecule has 1 aromatic carbocycles. The number of hydrogen-bond acceptors (Lipinski definition) is 4. The van der Waals surface area contributed by atoms with Crippen LogP contribution >= 0.6 is 0 Å². The highest BCUT2D eigenvalue weighted by atomic mass is 32.2. The highest BCUT2D eigenvalue weighted by Gasteiger charge is 2.25. The number of nitrogens with one attached hydrogen (secondary N) is 1. The predicted octanol–water partition coefficient (Wildman–Crippen LogP) is 2.07. The van der Waals surface area contributed by atoms with Crippen LogP contribution in [0.5, 0.6) is 0 Å². The smallest absolute Gasteiger partial charge is 0.251 e. The van der Waals surface area contributed by atoms with Crippen molar-refractivity contribution in [1.82, 2.24) is 14.5 Å². The van der Waals surface area contributed by atoms with E-state index >= 15 is 0 Å². The summed E-state index contributed by atoms with van der Waals surface area (Å²) in [4.78, 5) is 14.6. The lowest BCUT2D eigenvalue weighted by atomic mass is 10.1. The van der Waals surface area contributed by atoms with Crippen molar-refractivity contribution in [3.8, 4) is 0 Å². The Labute approximate surface area is 157 Å². The molecule has 0 saturated carbocycles. The molecule has 1 N–H and O–H groups in total. The van der Waals surface area contributed by atoms with Gasteiger partial charge in [-0.25, -0.2) is 8.42 Å². The maximum atomic E-state index is 12.4. The second-order valence-corrected chi connectivity index (χ2v) is 9.20. The van der Waals surface area contributed by atoms with Gasteiger partial charge in [-0.1, -0.05) is 25.5 Å². The van der Waals surface area contributed by atoms with Crippen molar-refractivity contribution in [3.63, 3.8) is 0 Å². The molecule has 0 aromatic heterocycles. The first-order valence-electron chi connectivity index (χ1n) is 9.45. The maximum Gasteiger partial charge on any atom is 0.251 e. The van der Waals surface area contributed by atoms with Crippen LogP contribution in [0.25, 0.3) is 0 Å². The molecule has 1 aliphatic rings. The molecule has 1 aliphatic heterocycles. The Bertz CT molecular complexity index is 698. The van der Waals surface area contributed by atoms with Gasteiger partial charge >= 0.3 is 0 Å². The lowest BCUT2D eigenvalue weighted by Crippen LogP contribution is -2.48. The Morgan fingerprint density at radius 2 is 1.88 bits per heavy atom. The molecule has 1 amide bonds. The Balaban J connectivity index is 1.92. The first-order chi connectivity index (χ1) is 12.4. The van der Waals surface area contributed by atoms with E-state index in [-0.39, 0.29) is 17.7 Å². The van der Waals surface area contributed by atoms with Gasteiger partial charge in [0.25, 0.3) is 5.91 Å². The van der Waals surface area contributed by atoms with Gasteiger partial charge in [-0.05, 0) is 38.0 Å². The van der Waals surface area contributed by atoms with Crippen LogP contribution in [0.1, 0.15) is 49.5 Å². The highest BCUT2D eigenvalue weighted by molar-refractivity contribution is 7.89. The van der Waals surface area contributed by atoms with Crippen molar-refractivity contribution in [2.75, 3.05) is 31.9 Å². The van der Waals surface area contributed by atoms with E-state index in [1.165, 1.54) is 0 Å². The van der Waals surface area contributed by atoms with Gasteiger partial charge < -0.3 is 5.32 Å². The highest BCUT2D eigenvalue weighted by Crippen LogP contribution is 2.13. The van der Waals surface area contributed by atoms with E-state index < -0.39 is 10.0 Å². The monoisotopic (exact) mass is 381 g/mol. The van der Waals surface area contributed by atoms with Crippen LogP contribution in [0.3, 0.4) is 0 Å². The molecule has 6 nitrogen and oxygen atoms in total. The van der Waals surface area contributed by atoms with E-state index in [0.717, 1.165) is 24.9 Å². The molecule has 146 valence electrons. The Kier molecular flexibility index (Phi) is 7.61. The van der Waals surface area contributed by atoms with E-state index in [1.807, 2.05) is 31.2 Å². The molecular formula is C19H31N3O3S. The lowest BCUT2D eigenvalue weighted by Gasteiger charge is -2.33. The van der Waals surface area contributed by atoms with Crippen LogP contribution in [0.2, 0.25) is 0 Å². The lowest BCUT2D eigenvalue weighted by molar-refractivity contribution is 0.0938. The molecule has 1 unspecified atom stereocenters. The molecule has 0 spiro atoms. The fourth-order valence-corrected chi connectivity index (χ4v) is 4.31. The predicted molar refractivity (Wildman–Crippen MR) is 105 cm³/mol. The van der Waals surface area contributed by atoms with Gasteiger partial charge in [-0.15, -0.1) is 0 Å². The third-order valence-electron chi connectivity index (χ3n) is 4.78. The van der Waals surface area contributed by atoms with E-state index in [2.05, 4.69) is 17.1 Å². The minimum Gasteiger partial charge on any atom is -0.350 e. The zero-order valence-electron chi connectivity index (χ0n) is 16.1. The summed E-state index contributed by atoms with van der Waals surface area (Å²) in [6, 6.07) is 7.87. The molecule has 1 fully saturated rings. The fraction of sp³-hybridized carbons (Fsp3) is 0.632. The molecule has 26 heavy (non-hydrogen) atoms. The van der Waals surface area contributed by atoms with Crippen molar-refractivity contribution in [1.29, 1.82) is 0 Å². The quantitative estimate of drug-likeness (QED) is 0.748. The van der Waals surface area contributed by atoms with Gasteiger partial charge in [0.15, 0.2) is 0 Å². The number of sulfonamides is 1. The summed E-state index contributed by atoms with van der Waals surface area (Å²) in [7, 11) is -3.10. The first kappa shape index (κ1) is 20.9. The van der Waals surface area contributed by atoms with E-state index in [4.69, 9.17) is 0 Å².